The van der Waals surface area contributed by atoms with E-state index in [4.69, 9.17) is 23.7 Å². The zero-order valence-corrected chi connectivity index (χ0v) is 12.0. The van der Waals surface area contributed by atoms with E-state index in [1.54, 1.807) is 7.11 Å². The summed E-state index contributed by atoms with van der Waals surface area (Å²) >= 11 is 0. The third-order valence-electron chi connectivity index (χ3n) is 3.88. The molecule has 1 N–H and O–H groups in total. The van der Waals surface area contributed by atoms with Crippen LogP contribution in [0.2, 0.25) is 0 Å². The van der Waals surface area contributed by atoms with Gasteiger partial charge in [-0.3, -0.25) is 0 Å². The third kappa shape index (κ3) is 2.83. The molecule has 6 nitrogen and oxygen atoms in total. The van der Waals surface area contributed by atoms with Crippen LogP contribution in [0.1, 0.15) is 11.9 Å². The molecule has 0 saturated carbocycles. The molecular weight excluding hydrogens is 276 g/mol. The molecule has 2 fully saturated rings. The molecule has 0 aliphatic carbocycles. The van der Waals surface area contributed by atoms with Gasteiger partial charge in [0.15, 0.2) is 12.6 Å². The van der Waals surface area contributed by atoms with E-state index in [2.05, 4.69) is 0 Å². The minimum atomic E-state index is -0.907. The minimum absolute atomic E-state index is 0.330. The highest BCUT2D eigenvalue weighted by Gasteiger charge is 2.49. The van der Waals surface area contributed by atoms with E-state index in [0.717, 1.165) is 5.56 Å². The van der Waals surface area contributed by atoms with Crippen molar-refractivity contribution >= 4 is 0 Å². The number of benzene rings is 1. The average Bonchev–Trinajstić information content (AvgIpc) is 2.54. The zero-order chi connectivity index (χ0) is 14.8. The van der Waals surface area contributed by atoms with E-state index in [-0.39, 0.29) is 6.10 Å². The highest BCUT2D eigenvalue weighted by Crippen LogP contribution is 2.35. The summed E-state index contributed by atoms with van der Waals surface area (Å²) in [5.74, 6) is 0. The highest BCUT2D eigenvalue weighted by atomic mass is 16.8. The van der Waals surface area contributed by atoms with Gasteiger partial charge in [0.25, 0.3) is 0 Å². The van der Waals surface area contributed by atoms with Gasteiger partial charge < -0.3 is 28.8 Å². The van der Waals surface area contributed by atoms with Crippen LogP contribution in [0.4, 0.5) is 0 Å². The number of rotatable bonds is 3. The van der Waals surface area contributed by atoms with Gasteiger partial charge in [-0.25, -0.2) is 0 Å². The standard InChI is InChI=1S/C15H20O6/c1-17-13-11(16)15(18-2)20-10-8-19-14(21-12(10)13)9-6-4-3-5-7-9/h3-7,10-16H,8H2,1-2H3/t10-,11+,12-,13+,14?,15?/m1/s1. The molecule has 0 bridgehead atoms. The fourth-order valence-electron chi connectivity index (χ4n) is 2.81. The van der Waals surface area contributed by atoms with Crippen LogP contribution in [0.3, 0.4) is 0 Å². The summed E-state index contributed by atoms with van der Waals surface area (Å²) in [6.07, 6.45) is -3.39. The summed E-state index contributed by atoms with van der Waals surface area (Å²) in [5.41, 5.74) is 0.925. The zero-order valence-electron chi connectivity index (χ0n) is 12.0. The number of methoxy groups -OCH3 is 2. The quantitative estimate of drug-likeness (QED) is 0.892. The molecule has 2 heterocycles. The molecular formula is C15H20O6. The van der Waals surface area contributed by atoms with Gasteiger partial charge in [-0.15, -0.1) is 0 Å². The maximum Gasteiger partial charge on any atom is 0.186 e. The maximum absolute atomic E-state index is 10.2. The fourth-order valence-corrected chi connectivity index (χ4v) is 2.81. The Morgan fingerprint density at radius 2 is 1.86 bits per heavy atom. The molecule has 6 heteroatoms. The van der Waals surface area contributed by atoms with Gasteiger partial charge >= 0.3 is 0 Å². The SMILES string of the molecule is COC1O[C@@H]2COC(c3ccccc3)O[C@H]2[C@@H](OC)[C@@H]1O. The van der Waals surface area contributed by atoms with Crippen LogP contribution in [0.5, 0.6) is 0 Å². The summed E-state index contributed by atoms with van der Waals surface area (Å²) in [7, 11) is 3.03. The first-order chi connectivity index (χ1) is 10.2. The molecule has 2 unspecified atom stereocenters. The lowest BCUT2D eigenvalue weighted by atomic mass is 9.97. The second-order valence-electron chi connectivity index (χ2n) is 5.15. The minimum Gasteiger partial charge on any atom is -0.385 e. The van der Waals surface area contributed by atoms with Crippen LogP contribution < -0.4 is 0 Å². The van der Waals surface area contributed by atoms with Crippen LogP contribution in [0.15, 0.2) is 30.3 Å². The molecule has 3 rings (SSSR count). The molecule has 6 atom stereocenters. The van der Waals surface area contributed by atoms with Crippen LogP contribution in [-0.4, -0.2) is 56.6 Å². The number of hydrogen-bond acceptors (Lipinski definition) is 6. The predicted molar refractivity (Wildman–Crippen MR) is 72.5 cm³/mol. The van der Waals surface area contributed by atoms with Gasteiger partial charge in [0.2, 0.25) is 0 Å². The smallest absolute Gasteiger partial charge is 0.186 e. The van der Waals surface area contributed by atoms with Crippen molar-refractivity contribution in [2.24, 2.45) is 0 Å². The van der Waals surface area contributed by atoms with Crippen molar-refractivity contribution in [1.29, 1.82) is 0 Å². The number of hydrogen-bond donors (Lipinski definition) is 1. The summed E-state index contributed by atoms with van der Waals surface area (Å²) in [5, 5.41) is 10.2. The lowest BCUT2D eigenvalue weighted by Crippen LogP contribution is -2.62. The third-order valence-corrected chi connectivity index (χ3v) is 3.88. The first-order valence-corrected chi connectivity index (χ1v) is 6.95. The Hall–Kier alpha value is -1.02. The van der Waals surface area contributed by atoms with Crippen molar-refractivity contribution in [2.75, 3.05) is 20.8 Å². The molecule has 2 aliphatic rings. The molecule has 0 radical (unpaired) electrons. The van der Waals surface area contributed by atoms with Gasteiger partial charge in [0.05, 0.1) is 6.61 Å². The van der Waals surface area contributed by atoms with E-state index in [9.17, 15) is 5.11 Å². The highest BCUT2D eigenvalue weighted by molar-refractivity contribution is 5.16. The van der Waals surface area contributed by atoms with Crippen molar-refractivity contribution in [1.82, 2.24) is 0 Å². The van der Waals surface area contributed by atoms with Gasteiger partial charge in [0, 0.05) is 19.8 Å². The van der Waals surface area contributed by atoms with Crippen molar-refractivity contribution in [3.8, 4) is 0 Å². The Kier molecular flexibility index (Phi) is 4.54. The van der Waals surface area contributed by atoms with E-state index in [0.29, 0.717) is 6.61 Å². The van der Waals surface area contributed by atoms with E-state index in [1.165, 1.54) is 7.11 Å². The second-order valence-corrected chi connectivity index (χ2v) is 5.15. The molecule has 2 aliphatic heterocycles. The summed E-state index contributed by atoms with van der Waals surface area (Å²) in [6, 6.07) is 9.66. The lowest BCUT2D eigenvalue weighted by Gasteiger charge is -2.47. The first-order valence-electron chi connectivity index (χ1n) is 6.95. The molecule has 116 valence electrons. The average molecular weight is 296 g/mol. The normalized spacial score (nSPS) is 39.8. The molecule has 0 spiro atoms. The van der Waals surface area contributed by atoms with Crippen molar-refractivity contribution in [3.63, 3.8) is 0 Å². The molecule has 2 saturated heterocycles. The Labute approximate surface area is 123 Å². The van der Waals surface area contributed by atoms with Crippen molar-refractivity contribution in [2.45, 2.75) is 37.0 Å². The monoisotopic (exact) mass is 296 g/mol. The van der Waals surface area contributed by atoms with Crippen LogP contribution >= 0.6 is 0 Å². The van der Waals surface area contributed by atoms with E-state index in [1.807, 2.05) is 30.3 Å². The summed E-state index contributed by atoms with van der Waals surface area (Å²) in [6.45, 7) is 0.358. The Morgan fingerprint density at radius 1 is 1.10 bits per heavy atom. The van der Waals surface area contributed by atoms with Gasteiger partial charge in [-0.2, -0.15) is 0 Å². The molecule has 1 aromatic carbocycles. The summed E-state index contributed by atoms with van der Waals surface area (Å²) < 4.78 is 27.9. The van der Waals surface area contributed by atoms with Gasteiger partial charge in [0.1, 0.15) is 24.4 Å². The second kappa shape index (κ2) is 6.39. The fraction of sp³-hybridized carbons (Fsp3) is 0.600. The Balaban J connectivity index is 1.77. The van der Waals surface area contributed by atoms with Crippen LogP contribution in [-0.2, 0) is 23.7 Å². The van der Waals surface area contributed by atoms with Gasteiger partial charge in [-0.1, -0.05) is 30.3 Å². The van der Waals surface area contributed by atoms with Gasteiger partial charge in [-0.05, 0) is 0 Å². The molecule has 1 aromatic rings. The number of fused-ring (bicyclic) bond motifs is 1. The summed E-state index contributed by atoms with van der Waals surface area (Å²) in [4.78, 5) is 0. The number of ether oxygens (including phenoxy) is 5. The maximum atomic E-state index is 10.2. The lowest BCUT2D eigenvalue weighted by molar-refractivity contribution is -0.360. The molecule has 0 aromatic heterocycles. The predicted octanol–water partition coefficient (Wildman–Crippen LogP) is 0.848. The first kappa shape index (κ1) is 14.9. The topological polar surface area (TPSA) is 66.4 Å². The largest absolute Gasteiger partial charge is 0.385 e. The van der Waals surface area contributed by atoms with E-state index >= 15 is 0 Å². The van der Waals surface area contributed by atoms with Crippen molar-refractivity contribution < 1.29 is 28.8 Å². The van der Waals surface area contributed by atoms with Crippen LogP contribution in [0.25, 0.3) is 0 Å². The number of aliphatic hydroxyl groups excluding tert-OH is 1. The Morgan fingerprint density at radius 3 is 2.52 bits per heavy atom. The Bertz CT molecular complexity index is 453. The van der Waals surface area contributed by atoms with Crippen molar-refractivity contribution in [3.05, 3.63) is 35.9 Å². The van der Waals surface area contributed by atoms with E-state index < -0.39 is 30.9 Å². The molecule has 21 heavy (non-hydrogen) atoms. The number of aliphatic hydroxyl groups is 1. The van der Waals surface area contributed by atoms with Crippen LogP contribution in [0, 0.1) is 0 Å². The molecule has 0 amide bonds.